The molecule has 0 fully saturated rings. The summed E-state index contributed by atoms with van der Waals surface area (Å²) in [5.74, 6) is -2.95. The van der Waals surface area contributed by atoms with Gasteiger partial charge in [-0.1, -0.05) is 19.1 Å². The predicted octanol–water partition coefficient (Wildman–Crippen LogP) is 2.09. The zero-order valence-electron chi connectivity index (χ0n) is 14.6. The fourth-order valence-electron chi connectivity index (χ4n) is 2.98. The largest absolute Gasteiger partial charge is 0.480 e. The number of hydrogen-bond acceptors (Lipinski definition) is 4. The minimum atomic E-state index is -4.83. The van der Waals surface area contributed by atoms with E-state index < -0.39 is 49.5 Å². The Morgan fingerprint density at radius 2 is 1.96 bits per heavy atom. The summed E-state index contributed by atoms with van der Waals surface area (Å²) in [6.07, 6.45) is -5.23. The number of alkyl halides is 3. The van der Waals surface area contributed by atoms with Crippen molar-refractivity contribution in [1.82, 2.24) is 4.90 Å². The molecule has 0 aromatic heterocycles. The minimum Gasteiger partial charge on any atom is -0.480 e. The highest BCUT2D eigenvalue weighted by atomic mass is 19.4. The fourth-order valence-corrected chi connectivity index (χ4v) is 2.98. The lowest BCUT2D eigenvalue weighted by Gasteiger charge is -2.33. The molecule has 1 aliphatic rings. The predicted molar refractivity (Wildman–Crippen MR) is 91.4 cm³/mol. The number of halogens is 3. The van der Waals surface area contributed by atoms with Crippen LogP contribution in [-0.2, 0) is 14.4 Å². The lowest BCUT2D eigenvalue weighted by atomic mass is 10.1. The van der Waals surface area contributed by atoms with Gasteiger partial charge in [-0.25, -0.2) is 0 Å². The summed E-state index contributed by atoms with van der Waals surface area (Å²) in [6.45, 7) is 1.03. The molecule has 1 aromatic carbocycles. The number of hydrogen-bond donors (Lipinski definition) is 2. The first kappa shape index (κ1) is 20.7. The van der Waals surface area contributed by atoms with Gasteiger partial charge in [-0.3, -0.25) is 24.2 Å². The van der Waals surface area contributed by atoms with Crippen LogP contribution in [0.5, 0.6) is 0 Å². The summed E-state index contributed by atoms with van der Waals surface area (Å²) < 4.78 is 40.8. The second-order valence-corrected chi connectivity index (χ2v) is 6.19. The highest BCUT2D eigenvalue weighted by Gasteiger charge is 2.49. The Morgan fingerprint density at radius 3 is 2.56 bits per heavy atom. The molecule has 1 aliphatic heterocycles. The molecular weight excluding hydrogens is 367 g/mol. The molecule has 2 rings (SSSR count). The van der Waals surface area contributed by atoms with Crippen LogP contribution in [0.4, 0.5) is 24.5 Å². The quantitative estimate of drug-likeness (QED) is 0.780. The van der Waals surface area contributed by atoms with E-state index in [0.29, 0.717) is 11.3 Å². The number of anilines is 2. The molecule has 1 atom stereocenters. The number of para-hydroxylation sites is 2. The molecule has 2 amide bonds. The molecule has 0 aliphatic carbocycles. The maximum absolute atomic E-state index is 13.6. The number of carbonyl (C=O) groups is 3. The Balaban J connectivity index is 2.42. The minimum absolute atomic E-state index is 0.0672. The Hall–Kier alpha value is -2.62. The van der Waals surface area contributed by atoms with Gasteiger partial charge in [0.2, 0.25) is 11.8 Å². The average Bonchev–Trinajstić information content (AvgIpc) is 2.69. The topological polar surface area (TPSA) is 90.0 Å². The second-order valence-electron chi connectivity index (χ2n) is 6.19. The van der Waals surface area contributed by atoms with Crippen LogP contribution in [0.15, 0.2) is 24.3 Å². The second kappa shape index (κ2) is 8.38. The molecule has 148 valence electrons. The maximum atomic E-state index is 13.6. The van der Waals surface area contributed by atoms with Crippen LogP contribution in [0.3, 0.4) is 0 Å². The third kappa shape index (κ3) is 5.19. The number of rotatable bonds is 6. The van der Waals surface area contributed by atoms with Gasteiger partial charge >= 0.3 is 12.1 Å². The molecule has 7 nitrogen and oxygen atoms in total. The number of benzene rings is 1. The smallest absolute Gasteiger partial charge is 0.409 e. The maximum Gasteiger partial charge on any atom is 0.409 e. The van der Waals surface area contributed by atoms with E-state index in [1.807, 2.05) is 0 Å². The van der Waals surface area contributed by atoms with Crippen LogP contribution in [0.2, 0.25) is 0 Å². The molecule has 27 heavy (non-hydrogen) atoms. The van der Waals surface area contributed by atoms with Crippen LogP contribution in [-0.4, -0.2) is 59.6 Å². The summed E-state index contributed by atoms with van der Waals surface area (Å²) in [6, 6.07) is 3.39. The van der Waals surface area contributed by atoms with Crippen molar-refractivity contribution in [3.8, 4) is 0 Å². The summed E-state index contributed by atoms with van der Waals surface area (Å²) in [5.41, 5.74) is 0.0327. The summed E-state index contributed by atoms with van der Waals surface area (Å²) >= 11 is 0. The molecular formula is C17H20F3N3O4. The van der Waals surface area contributed by atoms with E-state index in [4.69, 9.17) is 5.11 Å². The van der Waals surface area contributed by atoms with Crippen molar-refractivity contribution in [2.45, 2.75) is 32.0 Å². The van der Waals surface area contributed by atoms with Crippen molar-refractivity contribution < 1.29 is 32.7 Å². The van der Waals surface area contributed by atoms with E-state index >= 15 is 0 Å². The average molecular weight is 387 g/mol. The van der Waals surface area contributed by atoms with Crippen molar-refractivity contribution in [2.24, 2.45) is 0 Å². The molecule has 1 heterocycles. The normalized spacial score (nSPS) is 17.3. The first-order valence-electron chi connectivity index (χ1n) is 8.35. The third-order valence-electron chi connectivity index (χ3n) is 4.03. The molecule has 0 spiro atoms. The standard InChI is InChI=1S/C17H20F3N3O4/c1-2-7-22(10-16(26)27)9-15(25)23-12-6-4-3-5-11(12)21-14(24)8-13(23)17(18,19)20/h3-6,13H,2,7-10H2,1H3,(H,21,24)(H,26,27). The zero-order valence-corrected chi connectivity index (χ0v) is 14.6. The highest BCUT2D eigenvalue weighted by molar-refractivity contribution is 6.05. The molecule has 0 saturated carbocycles. The molecule has 1 unspecified atom stereocenters. The van der Waals surface area contributed by atoms with Crippen molar-refractivity contribution in [2.75, 3.05) is 29.9 Å². The van der Waals surface area contributed by atoms with Gasteiger partial charge in [0.1, 0.15) is 6.04 Å². The SMILES string of the molecule is CCCN(CC(=O)O)CC(=O)N1c2ccccc2NC(=O)CC1C(F)(F)F. The van der Waals surface area contributed by atoms with Gasteiger partial charge in [0.15, 0.2) is 0 Å². The first-order chi connectivity index (χ1) is 12.6. The Labute approximate surface area is 153 Å². The van der Waals surface area contributed by atoms with E-state index in [-0.39, 0.29) is 17.9 Å². The molecule has 0 saturated heterocycles. The number of amides is 2. The number of nitrogens with one attached hydrogen (secondary N) is 1. The van der Waals surface area contributed by atoms with E-state index in [0.717, 1.165) is 0 Å². The van der Waals surface area contributed by atoms with Crippen LogP contribution >= 0.6 is 0 Å². The van der Waals surface area contributed by atoms with Gasteiger partial charge in [0.25, 0.3) is 0 Å². The van der Waals surface area contributed by atoms with Gasteiger partial charge < -0.3 is 10.4 Å². The van der Waals surface area contributed by atoms with Crippen molar-refractivity contribution in [1.29, 1.82) is 0 Å². The number of aliphatic carboxylic acids is 1. The number of carbonyl (C=O) groups excluding carboxylic acids is 2. The van der Waals surface area contributed by atoms with Gasteiger partial charge in [0, 0.05) is 0 Å². The van der Waals surface area contributed by atoms with Gasteiger partial charge in [0.05, 0.1) is 30.9 Å². The summed E-state index contributed by atoms with van der Waals surface area (Å²) in [4.78, 5) is 37.5. The molecule has 2 N–H and O–H groups in total. The van der Waals surface area contributed by atoms with Crippen LogP contribution in [0.1, 0.15) is 19.8 Å². The van der Waals surface area contributed by atoms with Gasteiger partial charge in [-0.2, -0.15) is 13.2 Å². The lowest BCUT2D eigenvalue weighted by Crippen LogP contribution is -2.53. The molecule has 10 heteroatoms. The number of carboxylic acids is 1. The molecule has 0 radical (unpaired) electrons. The van der Waals surface area contributed by atoms with E-state index in [1.54, 1.807) is 6.92 Å². The number of fused-ring (bicyclic) bond motifs is 1. The summed E-state index contributed by atoms with van der Waals surface area (Å²) in [7, 11) is 0. The van der Waals surface area contributed by atoms with Crippen molar-refractivity contribution in [3.05, 3.63) is 24.3 Å². The Bertz CT molecular complexity index is 724. The van der Waals surface area contributed by atoms with Gasteiger partial charge in [-0.05, 0) is 25.1 Å². The molecule has 1 aromatic rings. The highest BCUT2D eigenvalue weighted by Crippen LogP contribution is 2.37. The number of nitrogens with zero attached hydrogens (tertiary/aromatic N) is 2. The summed E-state index contributed by atoms with van der Waals surface area (Å²) in [5, 5.41) is 11.3. The van der Waals surface area contributed by atoms with Crippen LogP contribution < -0.4 is 10.2 Å². The molecule has 0 bridgehead atoms. The Kier molecular flexibility index (Phi) is 6.42. The third-order valence-corrected chi connectivity index (χ3v) is 4.03. The van der Waals surface area contributed by atoms with Crippen LogP contribution in [0, 0.1) is 0 Å². The van der Waals surface area contributed by atoms with E-state index in [9.17, 15) is 27.6 Å². The van der Waals surface area contributed by atoms with Crippen molar-refractivity contribution in [3.63, 3.8) is 0 Å². The van der Waals surface area contributed by atoms with Crippen molar-refractivity contribution >= 4 is 29.2 Å². The van der Waals surface area contributed by atoms with Gasteiger partial charge in [-0.15, -0.1) is 0 Å². The first-order valence-corrected chi connectivity index (χ1v) is 8.35. The van der Waals surface area contributed by atoms with E-state index in [1.165, 1.54) is 29.2 Å². The monoisotopic (exact) mass is 387 g/mol. The fraction of sp³-hybridized carbons (Fsp3) is 0.471. The zero-order chi connectivity index (χ0) is 20.2. The van der Waals surface area contributed by atoms with Crippen LogP contribution in [0.25, 0.3) is 0 Å². The van der Waals surface area contributed by atoms with E-state index in [2.05, 4.69) is 5.32 Å². The Morgan fingerprint density at radius 1 is 1.30 bits per heavy atom. The lowest BCUT2D eigenvalue weighted by molar-refractivity contribution is -0.158. The number of carboxylic acid groups (broad SMARTS) is 1.